The zero-order chi connectivity index (χ0) is 14.4. The molecule has 2 rings (SSSR count). The van der Waals surface area contributed by atoms with Gasteiger partial charge < -0.3 is 15.1 Å². The van der Waals surface area contributed by atoms with Crippen molar-refractivity contribution in [1.29, 1.82) is 0 Å². The third-order valence-corrected chi connectivity index (χ3v) is 4.46. The van der Waals surface area contributed by atoms with Gasteiger partial charge in [0.15, 0.2) is 0 Å². The van der Waals surface area contributed by atoms with Crippen LogP contribution < -0.4 is 5.32 Å². The van der Waals surface area contributed by atoms with Crippen molar-refractivity contribution in [3.63, 3.8) is 0 Å². The molecular formula is C17H29N3. The van der Waals surface area contributed by atoms with Gasteiger partial charge in [0.2, 0.25) is 0 Å². The number of hydrogen-bond donors (Lipinski definition) is 1. The predicted molar refractivity (Wildman–Crippen MR) is 86.2 cm³/mol. The van der Waals surface area contributed by atoms with Crippen LogP contribution in [0.15, 0.2) is 24.3 Å². The molecule has 1 aliphatic heterocycles. The fourth-order valence-corrected chi connectivity index (χ4v) is 3.07. The van der Waals surface area contributed by atoms with Crippen molar-refractivity contribution in [2.24, 2.45) is 0 Å². The molecule has 0 spiro atoms. The maximum atomic E-state index is 3.49. The van der Waals surface area contributed by atoms with Gasteiger partial charge in [0, 0.05) is 19.1 Å². The number of nitrogens with zero attached hydrogens (tertiary/aromatic N) is 2. The van der Waals surface area contributed by atoms with Crippen LogP contribution in [0, 0.1) is 6.92 Å². The van der Waals surface area contributed by atoms with Gasteiger partial charge in [0.25, 0.3) is 0 Å². The van der Waals surface area contributed by atoms with Gasteiger partial charge in [0.05, 0.1) is 0 Å². The minimum atomic E-state index is 0.470. The number of benzene rings is 1. The van der Waals surface area contributed by atoms with Gasteiger partial charge in [-0.3, -0.25) is 0 Å². The highest BCUT2D eigenvalue weighted by molar-refractivity contribution is 5.28. The summed E-state index contributed by atoms with van der Waals surface area (Å²) in [6, 6.07) is 9.20. The lowest BCUT2D eigenvalue weighted by molar-refractivity contribution is 0.262. The van der Waals surface area contributed by atoms with E-state index >= 15 is 0 Å². The second-order valence-electron chi connectivity index (χ2n) is 5.98. The van der Waals surface area contributed by atoms with Crippen molar-refractivity contribution in [2.75, 3.05) is 46.8 Å². The minimum absolute atomic E-state index is 0.470. The summed E-state index contributed by atoms with van der Waals surface area (Å²) < 4.78 is 0. The molecule has 0 aliphatic carbocycles. The van der Waals surface area contributed by atoms with Gasteiger partial charge in [-0.2, -0.15) is 0 Å². The topological polar surface area (TPSA) is 18.5 Å². The molecule has 0 saturated carbocycles. The molecule has 1 saturated heterocycles. The third kappa shape index (κ3) is 4.30. The third-order valence-electron chi connectivity index (χ3n) is 4.46. The number of likely N-dealkylation sites (N-methyl/N-ethyl adjacent to an activating group) is 1. The predicted octanol–water partition coefficient (Wildman–Crippen LogP) is 2.28. The zero-order valence-electron chi connectivity index (χ0n) is 13.2. The lowest BCUT2D eigenvalue weighted by Crippen LogP contribution is -2.32. The van der Waals surface area contributed by atoms with Crippen LogP contribution in [0.3, 0.4) is 0 Å². The molecule has 3 nitrogen and oxygen atoms in total. The van der Waals surface area contributed by atoms with Crippen LogP contribution in [0.5, 0.6) is 0 Å². The molecule has 0 aromatic heterocycles. The largest absolute Gasteiger partial charge is 0.313 e. The van der Waals surface area contributed by atoms with E-state index in [1.807, 2.05) is 0 Å². The van der Waals surface area contributed by atoms with Crippen LogP contribution in [-0.2, 0) is 0 Å². The summed E-state index contributed by atoms with van der Waals surface area (Å²) in [7, 11) is 4.31. The highest BCUT2D eigenvalue weighted by Crippen LogP contribution is 2.20. The Morgan fingerprint density at radius 2 is 1.95 bits per heavy atom. The van der Waals surface area contributed by atoms with Crippen molar-refractivity contribution in [1.82, 2.24) is 15.1 Å². The summed E-state index contributed by atoms with van der Waals surface area (Å²) in [5.74, 6) is 0. The first kappa shape index (κ1) is 15.5. The summed E-state index contributed by atoms with van der Waals surface area (Å²) >= 11 is 0. The maximum absolute atomic E-state index is 3.49. The van der Waals surface area contributed by atoms with Crippen LogP contribution in [0.2, 0.25) is 0 Å². The Morgan fingerprint density at radius 1 is 1.15 bits per heavy atom. The van der Waals surface area contributed by atoms with E-state index < -0.39 is 0 Å². The minimum Gasteiger partial charge on any atom is -0.313 e. The Morgan fingerprint density at radius 3 is 2.70 bits per heavy atom. The summed E-state index contributed by atoms with van der Waals surface area (Å²) in [6.07, 6.45) is 2.48. The molecule has 1 heterocycles. The summed E-state index contributed by atoms with van der Waals surface area (Å²) in [6.45, 7) is 8.29. The second kappa shape index (κ2) is 7.77. The number of aryl methyl sites for hydroxylation is 1. The van der Waals surface area contributed by atoms with Gasteiger partial charge in [-0.05, 0) is 64.6 Å². The van der Waals surface area contributed by atoms with Crippen molar-refractivity contribution in [2.45, 2.75) is 25.8 Å². The van der Waals surface area contributed by atoms with Crippen molar-refractivity contribution in [3.8, 4) is 0 Å². The average molecular weight is 275 g/mol. The van der Waals surface area contributed by atoms with E-state index in [4.69, 9.17) is 0 Å². The molecular weight excluding hydrogens is 246 g/mol. The Kier molecular flexibility index (Phi) is 6.02. The number of rotatable bonds is 5. The summed E-state index contributed by atoms with van der Waals surface area (Å²) in [4.78, 5) is 5.06. The first-order valence-electron chi connectivity index (χ1n) is 7.84. The van der Waals surface area contributed by atoms with E-state index in [0.29, 0.717) is 6.04 Å². The Hall–Kier alpha value is -0.900. The molecule has 1 atom stereocenters. The van der Waals surface area contributed by atoms with Crippen LogP contribution in [0.1, 0.15) is 30.0 Å². The van der Waals surface area contributed by atoms with Crippen molar-refractivity contribution < 1.29 is 0 Å². The molecule has 1 aliphatic rings. The van der Waals surface area contributed by atoms with E-state index in [9.17, 15) is 0 Å². The van der Waals surface area contributed by atoms with Gasteiger partial charge >= 0.3 is 0 Å². The van der Waals surface area contributed by atoms with E-state index in [2.05, 4.69) is 60.4 Å². The molecule has 1 N–H and O–H groups in total. The van der Waals surface area contributed by atoms with E-state index in [-0.39, 0.29) is 0 Å². The Balaban J connectivity index is 1.89. The highest BCUT2D eigenvalue weighted by atomic mass is 15.2. The Bertz CT molecular complexity index is 405. The molecule has 1 aromatic rings. The lowest BCUT2D eigenvalue weighted by atomic mass is 9.99. The summed E-state index contributed by atoms with van der Waals surface area (Å²) in [5, 5.41) is 3.49. The number of hydrogen-bond acceptors (Lipinski definition) is 3. The molecule has 1 fully saturated rings. The Labute approximate surface area is 124 Å². The lowest BCUT2D eigenvalue weighted by Gasteiger charge is -2.24. The van der Waals surface area contributed by atoms with E-state index in [1.165, 1.54) is 56.7 Å². The fourth-order valence-electron chi connectivity index (χ4n) is 3.07. The van der Waals surface area contributed by atoms with Gasteiger partial charge in [-0.15, -0.1) is 0 Å². The van der Waals surface area contributed by atoms with E-state index in [1.54, 1.807) is 0 Å². The first-order chi connectivity index (χ1) is 9.70. The average Bonchev–Trinajstić information content (AvgIpc) is 2.66. The van der Waals surface area contributed by atoms with E-state index in [0.717, 1.165) is 0 Å². The maximum Gasteiger partial charge on any atom is 0.0332 e. The molecule has 0 radical (unpaired) electrons. The van der Waals surface area contributed by atoms with Crippen molar-refractivity contribution in [3.05, 3.63) is 35.4 Å². The second-order valence-corrected chi connectivity index (χ2v) is 5.98. The highest BCUT2D eigenvalue weighted by Gasteiger charge is 2.15. The summed E-state index contributed by atoms with van der Waals surface area (Å²) in [5.41, 5.74) is 2.84. The molecule has 0 amide bonds. The SMILES string of the molecule is CNC(CCN1CCCN(C)CC1)c1ccccc1C. The van der Waals surface area contributed by atoms with Gasteiger partial charge in [0.1, 0.15) is 0 Å². The monoisotopic (exact) mass is 275 g/mol. The molecule has 3 heteroatoms. The molecule has 1 aromatic carbocycles. The van der Waals surface area contributed by atoms with Crippen LogP contribution >= 0.6 is 0 Å². The van der Waals surface area contributed by atoms with Gasteiger partial charge in [-0.25, -0.2) is 0 Å². The smallest absolute Gasteiger partial charge is 0.0332 e. The quantitative estimate of drug-likeness (QED) is 0.889. The first-order valence-corrected chi connectivity index (χ1v) is 7.84. The molecule has 112 valence electrons. The van der Waals surface area contributed by atoms with Crippen LogP contribution in [0.25, 0.3) is 0 Å². The number of nitrogens with one attached hydrogen (secondary N) is 1. The van der Waals surface area contributed by atoms with Crippen LogP contribution in [0.4, 0.5) is 0 Å². The zero-order valence-corrected chi connectivity index (χ0v) is 13.2. The van der Waals surface area contributed by atoms with Crippen molar-refractivity contribution >= 4 is 0 Å². The fraction of sp³-hybridized carbons (Fsp3) is 0.647. The van der Waals surface area contributed by atoms with Crippen LogP contribution in [-0.4, -0.2) is 56.6 Å². The normalized spacial score (nSPS) is 19.8. The standard InChI is InChI=1S/C17H29N3/c1-15-7-4-5-8-16(15)17(18-2)9-12-20-11-6-10-19(3)13-14-20/h4-5,7-8,17-18H,6,9-14H2,1-3H3. The molecule has 0 bridgehead atoms. The molecule has 20 heavy (non-hydrogen) atoms. The van der Waals surface area contributed by atoms with Gasteiger partial charge in [-0.1, -0.05) is 24.3 Å². The molecule has 1 unspecified atom stereocenters.